The second-order valence-electron chi connectivity index (χ2n) is 11.9. The van der Waals surface area contributed by atoms with E-state index < -0.39 is 0 Å². The first-order valence-corrected chi connectivity index (χ1v) is 15.9. The number of pyridine rings is 1. The minimum atomic E-state index is 0.172. The molecule has 4 heterocycles. The number of fused-ring (bicyclic) bond motifs is 2. The summed E-state index contributed by atoms with van der Waals surface area (Å²) in [6, 6.07) is 8.71. The van der Waals surface area contributed by atoms with Crippen LogP contribution in [0.1, 0.15) is 73.4 Å². The minimum Gasteiger partial charge on any atom is -0.343 e. The molecule has 7 heteroatoms. The number of aromatic nitrogens is 1. The lowest BCUT2D eigenvalue weighted by Crippen LogP contribution is -2.44. The molecule has 1 aliphatic carbocycles. The maximum absolute atomic E-state index is 12.9. The van der Waals surface area contributed by atoms with Gasteiger partial charge in [0, 0.05) is 35.2 Å². The van der Waals surface area contributed by atoms with Gasteiger partial charge in [-0.05, 0) is 130 Å². The lowest BCUT2D eigenvalue weighted by atomic mass is 9.78. The van der Waals surface area contributed by atoms with E-state index in [2.05, 4.69) is 49.2 Å². The molecule has 0 saturated carbocycles. The fourth-order valence-electron chi connectivity index (χ4n) is 7.55. The van der Waals surface area contributed by atoms with Gasteiger partial charge in [0.1, 0.15) is 0 Å². The number of halogens is 2. The number of aryl methyl sites for hydroxylation is 2. The molecular formula is C31H40BrClN4O. The van der Waals surface area contributed by atoms with Crippen LogP contribution < -0.4 is 5.32 Å². The van der Waals surface area contributed by atoms with Gasteiger partial charge in [0.25, 0.3) is 0 Å². The van der Waals surface area contributed by atoms with Gasteiger partial charge in [-0.3, -0.25) is 14.7 Å². The maximum atomic E-state index is 12.9. The average Bonchev–Trinajstić information content (AvgIpc) is 3.11. The van der Waals surface area contributed by atoms with Crippen LogP contribution in [0, 0.1) is 17.8 Å². The van der Waals surface area contributed by atoms with Gasteiger partial charge < -0.3 is 10.2 Å². The molecule has 38 heavy (non-hydrogen) atoms. The third-order valence-corrected chi connectivity index (χ3v) is 10.6. The van der Waals surface area contributed by atoms with E-state index in [0.717, 1.165) is 92.7 Å². The molecule has 0 spiro atoms. The number of hydrogen-bond acceptors (Lipinski definition) is 4. The molecule has 1 atom stereocenters. The number of carbonyl (C=O) groups excluding carboxylic acids is 1. The zero-order chi connectivity index (χ0) is 26.1. The highest BCUT2D eigenvalue weighted by Crippen LogP contribution is 2.43. The normalized spacial score (nSPS) is 24.1. The monoisotopic (exact) mass is 598 g/mol. The number of nitrogens with one attached hydrogen (secondary N) is 1. The Hall–Kier alpha value is -1.47. The number of piperidine rings is 3. The predicted octanol–water partition coefficient (Wildman–Crippen LogP) is 6.03. The molecule has 1 amide bonds. The van der Waals surface area contributed by atoms with E-state index in [1.807, 2.05) is 12.3 Å². The molecule has 1 N–H and O–H groups in total. The van der Waals surface area contributed by atoms with Crippen LogP contribution in [-0.2, 0) is 17.6 Å². The van der Waals surface area contributed by atoms with Crippen molar-refractivity contribution in [3.8, 4) is 0 Å². The third kappa shape index (κ3) is 5.70. The van der Waals surface area contributed by atoms with Gasteiger partial charge in [-0.1, -0.05) is 33.6 Å². The summed E-state index contributed by atoms with van der Waals surface area (Å²) in [6.07, 6.45) is 11.8. The quantitative estimate of drug-likeness (QED) is 0.467. The van der Waals surface area contributed by atoms with Crippen molar-refractivity contribution in [2.75, 3.05) is 39.3 Å². The largest absolute Gasteiger partial charge is 0.343 e. The van der Waals surface area contributed by atoms with Gasteiger partial charge in [0.2, 0.25) is 5.91 Å². The molecule has 1 unspecified atom stereocenters. The molecule has 0 radical (unpaired) electrons. The Bertz CT molecular complexity index is 1140. The van der Waals surface area contributed by atoms with E-state index in [-0.39, 0.29) is 6.04 Å². The van der Waals surface area contributed by atoms with Gasteiger partial charge in [-0.2, -0.15) is 0 Å². The summed E-state index contributed by atoms with van der Waals surface area (Å²) in [5.74, 6) is 2.48. The SMILES string of the molecule is O=C(CC1CCNCC1)N1CCC(C2CCN(C3c4ncccc4CCc4cc(Cl)cc(Br)c43)CC2)CC1. The average molecular weight is 600 g/mol. The summed E-state index contributed by atoms with van der Waals surface area (Å²) in [4.78, 5) is 22.7. The summed E-state index contributed by atoms with van der Waals surface area (Å²) in [7, 11) is 0. The van der Waals surface area contributed by atoms with Crippen molar-refractivity contribution in [2.45, 2.75) is 63.8 Å². The van der Waals surface area contributed by atoms with Crippen molar-refractivity contribution in [2.24, 2.45) is 17.8 Å². The number of hydrogen-bond donors (Lipinski definition) is 1. The highest BCUT2D eigenvalue weighted by molar-refractivity contribution is 9.10. The van der Waals surface area contributed by atoms with Crippen LogP contribution in [0.4, 0.5) is 0 Å². The summed E-state index contributed by atoms with van der Waals surface area (Å²) in [6.45, 7) is 6.23. The van der Waals surface area contributed by atoms with Gasteiger partial charge >= 0.3 is 0 Å². The number of likely N-dealkylation sites (tertiary alicyclic amines) is 2. The summed E-state index contributed by atoms with van der Waals surface area (Å²) in [5, 5.41) is 4.21. The third-order valence-electron chi connectivity index (χ3n) is 9.72. The lowest BCUT2D eigenvalue weighted by Gasteiger charge is -2.43. The molecule has 5 nitrogen and oxygen atoms in total. The molecule has 0 bridgehead atoms. The van der Waals surface area contributed by atoms with Gasteiger partial charge in [0.15, 0.2) is 0 Å². The fourth-order valence-corrected chi connectivity index (χ4v) is 8.64. The molecule has 4 aliphatic rings. The molecule has 3 saturated heterocycles. The predicted molar refractivity (Wildman–Crippen MR) is 156 cm³/mol. The van der Waals surface area contributed by atoms with Gasteiger partial charge in [-0.15, -0.1) is 0 Å². The maximum Gasteiger partial charge on any atom is 0.222 e. The molecule has 2 aromatic rings. The summed E-state index contributed by atoms with van der Waals surface area (Å²) >= 11 is 10.4. The molecule has 1 aromatic heterocycles. The Kier molecular flexibility index (Phi) is 8.41. The number of amides is 1. The van der Waals surface area contributed by atoms with Crippen LogP contribution >= 0.6 is 27.5 Å². The van der Waals surface area contributed by atoms with Crippen molar-refractivity contribution < 1.29 is 4.79 Å². The molecular weight excluding hydrogens is 560 g/mol. The molecule has 3 fully saturated rings. The second-order valence-corrected chi connectivity index (χ2v) is 13.2. The Morgan fingerprint density at radius 1 is 0.974 bits per heavy atom. The van der Waals surface area contributed by atoms with Gasteiger partial charge in [-0.25, -0.2) is 0 Å². The summed E-state index contributed by atoms with van der Waals surface area (Å²) < 4.78 is 1.10. The zero-order valence-corrected chi connectivity index (χ0v) is 24.7. The van der Waals surface area contributed by atoms with Crippen LogP contribution in [0.2, 0.25) is 5.02 Å². The highest BCUT2D eigenvalue weighted by atomic mass is 79.9. The smallest absolute Gasteiger partial charge is 0.222 e. The molecule has 1 aromatic carbocycles. The second kappa shape index (κ2) is 12.0. The Morgan fingerprint density at radius 2 is 1.66 bits per heavy atom. The first kappa shape index (κ1) is 26.7. The fraction of sp³-hybridized carbons (Fsp3) is 0.613. The van der Waals surface area contributed by atoms with Crippen LogP contribution in [0.5, 0.6) is 0 Å². The first-order valence-electron chi connectivity index (χ1n) is 14.7. The number of benzene rings is 1. The Labute approximate surface area is 240 Å². The van der Waals surface area contributed by atoms with E-state index in [4.69, 9.17) is 16.6 Å². The van der Waals surface area contributed by atoms with Crippen molar-refractivity contribution in [1.29, 1.82) is 0 Å². The Balaban J connectivity index is 1.10. The van der Waals surface area contributed by atoms with E-state index in [0.29, 0.717) is 11.8 Å². The van der Waals surface area contributed by atoms with Crippen LogP contribution in [-0.4, -0.2) is 60.0 Å². The molecule has 3 aliphatic heterocycles. The molecule has 204 valence electrons. The van der Waals surface area contributed by atoms with Crippen molar-refractivity contribution in [1.82, 2.24) is 20.1 Å². The van der Waals surface area contributed by atoms with Crippen LogP contribution in [0.3, 0.4) is 0 Å². The van der Waals surface area contributed by atoms with E-state index >= 15 is 0 Å². The van der Waals surface area contributed by atoms with Crippen LogP contribution in [0.25, 0.3) is 0 Å². The van der Waals surface area contributed by atoms with E-state index in [1.54, 1.807) is 0 Å². The minimum absolute atomic E-state index is 0.172. The van der Waals surface area contributed by atoms with Crippen molar-refractivity contribution in [3.05, 3.63) is 62.3 Å². The van der Waals surface area contributed by atoms with E-state index in [9.17, 15) is 4.79 Å². The van der Waals surface area contributed by atoms with Crippen molar-refractivity contribution >= 4 is 33.4 Å². The zero-order valence-electron chi connectivity index (χ0n) is 22.3. The standard InChI is InChI=1S/C31H40BrClN4O/c32-27-20-26(33)19-25-4-3-24-2-1-11-35-30(24)31(29(25)27)37-16-9-23(10-17-37)22-7-14-36(15-8-22)28(38)18-21-5-12-34-13-6-21/h1-2,11,19-23,31,34H,3-10,12-18H2. The Morgan fingerprint density at radius 3 is 2.39 bits per heavy atom. The summed E-state index contributed by atoms with van der Waals surface area (Å²) in [5.41, 5.74) is 5.27. The van der Waals surface area contributed by atoms with E-state index in [1.165, 1.54) is 48.1 Å². The first-order chi connectivity index (χ1) is 18.6. The lowest BCUT2D eigenvalue weighted by molar-refractivity contribution is -0.134. The molecule has 6 rings (SSSR count). The highest BCUT2D eigenvalue weighted by Gasteiger charge is 2.37. The topological polar surface area (TPSA) is 48.5 Å². The van der Waals surface area contributed by atoms with Crippen LogP contribution in [0.15, 0.2) is 34.9 Å². The van der Waals surface area contributed by atoms with Gasteiger partial charge in [0.05, 0.1) is 11.7 Å². The number of rotatable bonds is 4. The number of carbonyl (C=O) groups is 1. The van der Waals surface area contributed by atoms with Crippen molar-refractivity contribution in [3.63, 3.8) is 0 Å². The number of nitrogens with zero attached hydrogens (tertiary/aromatic N) is 3.